The Balaban J connectivity index is 1.49. The van der Waals surface area contributed by atoms with Gasteiger partial charge in [-0.2, -0.15) is 10.2 Å². The van der Waals surface area contributed by atoms with Crippen molar-refractivity contribution in [1.82, 2.24) is 0 Å². The normalized spacial score (nSPS) is 11.0. The van der Waals surface area contributed by atoms with Gasteiger partial charge in [0.2, 0.25) is 0 Å². The Hall–Kier alpha value is -3.47. The first-order valence-electron chi connectivity index (χ1n) is 12.1. The van der Waals surface area contributed by atoms with Gasteiger partial charge >= 0.3 is 5.97 Å². The summed E-state index contributed by atoms with van der Waals surface area (Å²) < 4.78 is 11.3. The van der Waals surface area contributed by atoms with Crippen molar-refractivity contribution in [2.24, 2.45) is 10.2 Å². The molecule has 0 saturated carbocycles. The Kier molecular flexibility index (Phi) is 9.83. The zero-order valence-corrected chi connectivity index (χ0v) is 20.4. The number of hydrogen-bond donors (Lipinski definition) is 0. The summed E-state index contributed by atoms with van der Waals surface area (Å²) in [4.78, 5) is 12.5. The van der Waals surface area contributed by atoms with E-state index in [0.29, 0.717) is 17.9 Å². The SMILES string of the molecule is CCCCCCCCOc1ccc(C(=O)Oc2ccc(N=Nc3ccc(C)cc3)c(C)c2)cc1. The molecule has 0 spiro atoms. The van der Waals surface area contributed by atoms with Crippen LogP contribution in [0.15, 0.2) is 77.0 Å². The lowest BCUT2D eigenvalue weighted by molar-refractivity contribution is 0.0734. The van der Waals surface area contributed by atoms with Crippen LogP contribution in [0.5, 0.6) is 11.5 Å². The highest BCUT2D eigenvalue weighted by Gasteiger charge is 2.10. The summed E-state index contributed by atoms with van der Waals surface area (Å²) in [5.74, 6) is 0.834. The van der Waals surface area contributed by atoms with Crippen LogP contribution in [-0.4, -0.2) is 12.6 Å². The first kappa shape index (κ1) is 25.2. The number of carbonyl (C=O) groups is 1. The van der Waals surface area contributed by atoms with E-state index in [1.54, 1.807) is 30.3 Å². The van der Waals surface area contributed by atoms with Gasteiger partial charge in [0, 0.05) is 0 Å². The summed E-state index contributed by atoms with van der Waals surface area (Å²) >= 11 is 0. The lowest BCUT2D eigenvalue weighted by Crippen LogP contribution is -2.08. The molecule has 0 atom stereocenters. The minimum Gasteiger partial charge on any atom is -0.494 e. The standard InChI is InChI=1S/C29H34N2O3/c1-4-5-6-7-8-9-20-33-26-16-12-24(13-17-26)29(32)34-27-18-19-28(23(3)21-27)31-30-25-14-10-22(2)11-15-25/h10-19,21H,4-9,20H2,1-3H3. The van der Waals surface area contributed by atoms with Gasteiger partial charge in [-0.05, 0) is 80.4 Å². The average molecular weight is 459 g/mol. The number of rotatable bonds is 12. The number of azo groups is 1. The fourth-order valence-electron chi connectivity index (χ4n) is 3.45. The smallest absolute Gasteiger partial charge is 0.343 e. The Morgan fingerprint density at radius 3 is 2.15 bits per heavy atom. The van der Waals surface area contributed by atoms with Gasteiger partial charge in [-0.25, -0.2) is 4.79 Å². The van der Waals surface area contributed by atoms with E-state index in [0.717, 1.165) is 29.1 Å². The fraction of sp³-hybridized carbons (Fsp3) is 0.345. The molecule has 3 aromatic carbocycles. The van der Waals surface area contributed by atoms with Crippen molar-refractivity contribution in [2.45, 2.75) is 59.3 Å². The molecule has 0 heterocycles. The molecule has 0 aliphatic heterocycles. The van der Waals surface area contributed by atoms with Crippen LogP contribution in [0, 0.1) is 13.8 Å². The zero-order valence-electron chi connectivity index (χ0n) is 20.4. The number of hydrogen-bond acceptors (Lipinski definition) is 5. The highest BCUT2D eigenvalue weighted by molar-refractivity contribution is 5.91. The van der Waals surface area contributed by atoms with Crippen molar-refractivity contribution in [1.29, 1.82) is 0 Å². The van der Waals surface area contributed by atoms with Gasteiger partial charge < -0.3 is 9.47 Å². The molecular formula is C29H34N2O3. The van der Waals surface area contributed by atoms with E-state index >= 15 is 0 Å². The van der Waals surface area contributed by atoms with Crippen molar-refractivity contribution in [3.8, 4) is 11.5 Å². The van der Waals surface area contributed by atoms with Crippen molar-refractivity contribution < 1.29 is 14.3 Å². The summed E-state index contributed by atoms with van der Waals surface area (Å²) in [7, 11) is 0. The van der Waals surface area contributed by atoms with Crippen LogP contribution in [-0.2, 0) is 0 Å². The summed E-state index contributed by atoms with van der Waals surface area (Å²) in [5, 5.41) is 8.59. The summed E-state index contributed by atoms with van der Waals surface area (Å²) in [6.45, 7) is 6.87. The van der Waals surface area contributed by atoms with E-state index in [2.05, 4.69) is 17.2 Å². The minimum absolute atomic E-state index is 0.407. The van der Waals surface area contributed by atoms with Gasteiger partial charge in [0.15, 0.2) is 0 Å². The summed E-state index contributed by atoms with van der Waals surface area (Å²) in [6.07, 6.45) is 7.37. The maximum Gasteiger partial charge on any atom is 0.343 e. The third-order valence-corrected chi connectivity index (χ3v) is 5.54. The van der Waals surface area contributed by atoms with Gasteiger partial charge in [-0.15, -0.1) is 0 Å². The number of esters is 1. The van der Waals surface area contributed by atoms with Gasteiger partial charge in [0.25, 0.3) is 0 Å². The Morgan fingerprint density at radius 1 is 0.765 bits per heavy atom. The molecule has 0 amide bonds. The molecule has 3 aromatic rings. The predicted molar refractivity (Wildman–Crippen MR) is 137 cm³/mol. The van der Waals surface area contributed by atoms with Crippen LogP contribution in [0.4, 0.5) is 11.4 Å². The lowest BCUT2D eigenvalue weighted by Gasteiger charge is -2.08. The van der Waals surface area contributed by atoms with Crippen LogP contribution >= 0.6 is 0 Å². The molecule has 5 nitrogen and oxygen atoms in total. The Morgan fingerprint density at radius 2 is 1.44 bits per heavy atom. The van der Waals surface area contributed by atoms with E-state index in [9.17, 15) is 4.79 Å². The molecule has 0 N–H and O–H groups in total. The van der Waals surface area contributed by atoms with E-state index < -0.39 is 5.97 Å². The molecule has 0 radical (unpaired) electrons. The maximum absolute atomic E-state index is 12.5. The molecule has 178 valence electrons. The Labute approximate surface area is 202 Å². The molecule has 0 aromatic heterocycles. The second kappa shape index (κ2) is 13.3. The van der Waals surface area contributed by atoms with Gasteiger partial charge in [-0.3, -0.25) is 0 Å². The van der Waals surface area contributed by atoms with E-state index in [4.69, 9.17) is 9.47 Å². The molecule has 0 aliphatic rings. The third-order valence-electron chi connectivity index (χ3n) is 5.54. The quantitative estimate of drug-likeness (QED) is 0.118. The molecule has 0 aliphatic carbocycles. The first-order valence-corrected chi connectivity index (χ1v) is 12.1. The number of benzene rings is 3. The number of unbranched alkanes of at least 4 members (excludes halogenated alkanes) is 5. The molecular weight excluding hydrogens is 424 g/mol. The van der Waals surface area contributed by atoms with Crippen molar-refractivity contribution in [2.75, 3.05) is 6.61 Å². The fourth-order valence-corrected chi connectivity index (χ4v) is 3.45. The van der Waals surface area contributed by atoms with Crippen molar-refractivity contribution >= 4 is 17.3 Å². The topological polar surface area (TPSA) is 60.2 Å². The predicted octanol–water partition coefficient (Wildman–Crippen LogP) is 8.68. The maximum atomic E-state index is 12.5. The summed E-state index contributed by atoms with van der Waals surface area (Å²) in [6, 6.07) is 20.3. The zero-order chi connectivity index (χ0) is 24.2. The second-order valence-electron chi connectivity index (χ2n) is 8.51. The number of carbonyl (C=O) groups excluding carboxylic acids is 1. The minimum atomic E-state index is -0.407. The molecule has 3 rings (SSSR count). The molecule has 0 fully saturated rings. The van der Waals surface area contributed by atoms with Crippen molar-refractivity contribution in [3.63, 3.8) is 0 Å². The lowest BCUT2D eigenvalue weighted by atomic mass is 10.1. The van der Waals surface area contributed by atoms with Gasteiger partial charge in [0.1, 0.15) is 11.5 Å². The van der Waals surface area contributed by atoms with Crippen LogP contribution in [0.1, 0.15) is 66.9 Å². The largest absolute Gasteiger partial charge is 0.494 e. The van der Waals surface area contributed by atoms with Crippen LogP contribution in [0.3, 0.4) is 0 Å². The molecule has 0 bridgehead atoms. The summed E-state index contributed by atoms with van der Waals surface area (Å²) in [5.41, 5.74) is 4.05. The van der Waals surface area contributed by atoms with Crippen molar-refractivity contribution in [3.05, 3.63) is 83.4 Å². The van der Waals surface area contributed by atoms with E-state index in [1.807, 2.05) is 50.2 Å². The third kappa shape index (κ3) is 8.14. The number of ether oxygens (including phenoxy) is 2. The second-order valence-corrected chi connectivity index (χ2v) is 8.51. The number of aryl methyl sites for hydroxylation is 2. The van der Waals surface area contributed by atoms with Gasteiger partial charge in [0.05, 0.1) is 23.5 Å². The molecule has 34 heavy (non-hydrogen) atoms. The highest BCUT2D eigenvalue weighted by atomic mass is 16.5. The Bertz CT molecular complexity index is 1070. The molecule has 0 unspecified atom stereocenters. The first-order chi connectivity index (χ1) is 16.5. The molecule has 5 heteroatoms. The van der Waals surface area contributed by atoms with E-state index in [-0.39, 0.29) is 0 Å². The van der Waals surface area contributed by atoms with Gasteiger partial charge in [-0.1, -0.05) is 56.7 Å². The van der Waals surface area contributed by atoms with Crippen LogP contribution in [0.2, 0.25) is 0 Å². The van der Waals surface area contributed by atoms with Crippen LogP contribution in [0.25, 0.3) is 0 Å². The average Bonchev–Trinajstić information content (AvgIpc) is 2.84. The monoisotopic (exact) mass is 458 g/mol. The van der Waals surface area contributed by atoms with Crippen LogP contribution < -0.4 is 9.47 Å². The highest BCUT2D eigenvalue weighted by Crippen LogP contribution is 2.26. The van der Waals surface area contributed by atoms with E-state index in [1.165, 1.54) is 37.7 Å². The number of nitrogens with zero attached hydrogens (tertiary/aromatic N) is 2. The molecule has 0 saturated heterocycles.